The molecule has 0 saturated carbocycles. The molecule has 3 aromatic carbocycles. The molecule has 0 unspecified atom stereocenters. The lowest BCUT2D eigenvalue weighted by atomic mass is 10.2. The fourth-order valence-electron chi connectivity index (χ4n) is 2.54. The summed E-state index contributed by atoms with van der Waals surface area (Å²) in [5, 5.41) is 0. The minimum atomic E-state index is -0.469. The monoisotopic (exact) mass is 375 g/mol. The largest absolute Gasteiger partial charge is 0.457 e. The van der Waals surface area contributed by atoms with E-state index in [1.807, 2.05) is 43.3 Å². The third-order valence-electron chi connectivity index (χ3n) is 4.02. The second-order valence-corrected chi connectivity index (χ2v) is 6.26. The summed E-state index contributed by atoms with van der Waals surface area (Å²) in [5.74, 6) is 0.143. The summed E-state index contributed by atoms with van der Waals surface area (Å²) in [4.78, 5) is 26.8. The number of hydrazine groups is 1. The fraction of sp³-hybridized carbons (Fsp3) is 0.0909. The molecular weight excluding hydrogens is 354 g/mol. The quantitative estimate of drug-likeness (QED) is 0.668. The molecule has 0 aliphatic carbocycles. The first-order valence-electron chi connectivity index (χ1n) is 8.74. The maximum Gasteiger partial charge on any atom is 0.273 e. The lowest BCUT2D eigenvalue weighted by molar-refractivity contribution is 0.0845. The van der Waals surface area contributed by atoms with Crippen LogP contribution in [0.4, 0.5) is 5.69 Å². The number of benzene rings is 3. The third kappa shape index (κ3) is 4.67. The van der Waals surface area contributed by atoms with Gasteiger partial charge in [-0.05, 0) is 42.5 Å². The molecule has 3 aromatic rings. The van der Waals surface area contributed by atoms with Gasteiger partial charge in [0.2, 0.25) is 0 Å². The van der Waals surface area contributed by atoms with Crippen LogP contribution in [0.1, 0.15) is 20.7 Å². The van der Waals surface area contributed by atoms with Crippen LogP contribution in [0.25, 0.3) is 0 Å². The van der Waals surface area contributed by atoms with E-state index >= 15 is 0 Å². The Morgan fingerprint density at radius 1 is 0.786 bits per heavy atom. The van der Waals surface area contributed by atoms with Gasteiger partial charge in [-0.25, -0.2) is 0 Å². The molecule has 0 atom stereocenters. The first-order chi connectivity index (χ1) is 13.5. The molecular formula is C22H21N3O3. The normalized spacial score (nSPS) is 10.1. The number of hydrogen-bond acceptors (Lipinski definition) is 4. The van der Waals surface area contributed by atoms with Crippen molar-refractivity contribution in [3.8, 4) is 11.5 Å². The number of carbonyl (C=O) groups excluding carboxylic acids is 2. The van der Waals surface area contributed by atoms with E-state index in [4.69, 9.17) is 4.74 Å². The fourth-order valence-corrected chi connectivity index (χ4v) is 2.54. The average molecular weight is 375 g/mol. The van der Waals surface area contributed by atoms with Crippen LogP contribution >= 0.6 is 0 Å². The molecule has 0 bridgehead atoms. The zero-order chi connectivity index (χ0) is 19.9. The molecule has 28 heavy (non-hydrogen) atoms. The second kappa shape index (κ2) is 8.73. The Morgan fingerprint density at radius 2 is 1.46 bits per heavy atom. The Hall–Kier alpha value is -3.80. The molecule has 0 aliphatic rings. The molecule has 0 aromatic heterocycles. The molecule has 3 rings (SSSR count). The lowest BCUT2D eigenvalue weighted by Crippen LogP contribution is -2.41. The standard InChI is InChI=1S/C22H21N3O3/c1-25(2)17-10-8-9-16(15-17)21(26)23-24-22(27)19-13-6-7-14-20(19)28-18-11-4-3-5-12-18/h3-15H,1-2H3,(H,23,26)(H,24,27). The van der Waals surface area contributed by atoms with Gasteiger partial charge in [0.25, 0.3) is 11.8 Å². The van der Waals surface area contributed by atoms with Gasteiger partial charge in [0.15, 0.2) is 0 Å². The van der Waals surface area contributed by atoms with Crippen LogP contribution in [0, 0.1) is 0 Å². The summed E-state index contributed by atoms with van der Waals surface area (Å²) < 4.78 is 5.79. The van der Waals surface area contributed by atoms with Gasteiger partial charge in [-0.2, -0.15) is 0 Å². The molecule has 6 nitrogen and oxygen atoms in total. The highest BCUT2D eigenvalue weighted by Gasteiger charge is 2.14. The van der Waals surface area contributed by atoms with Gasteiger partial charge in [-0.15, -0.1) is 0 Å². The van der Waals surface area contributed by atoms with Crippen LogP contribution in [0.15, 0.2) is 78.9 Å². The zero-order valence-corrected chi connectivity index (χ0v) is 15.7. The molecule has 142 valence electrons. The maximum atomic E-state index is 12.6. The van der Waals surface area contributed by atoms with E-state index in [1.165, 1.54) is 0 Å². The van der Waals surface area contributed by atoms with E-state index in [0.29, 0.717) is 22.6 Å². The highest BCUT2D eigenvalue weighted by atomic mass is 16.5. The first kappa shape index (κ1) is 19.0. The van der Waals surface area contributed by atoms with E-state index < -0.39 is 11.8 Å². The number of ether oxygens (including phenoxy) is 1. The molecule has 0 fully saturated rings. The van der Waals surface area contributed by atoms with Crippen molar-refractivity contribution >= 4 is 17.5 Å². The number of anilines is 1. The molecule has 0 saturated heterocycles. The van der Waals surface area contributed by atoms with Gasteiger partial charge in [0.05, 0.1) is 5.56 Å². The van der Waals surface area contributed by atoms with Crippen LogP contribution in [0.5, 0.6) is 11.5 Å². The summed E-state index contributed by atoms with van der Waals surface area (Å²) >= 11 is 0. The summed E-state index contributed by atoms with van der Waals surface area (Å²) in [6.45, 7) is 0. The number of nitrogens with one attached hydrogen (secondary N) is 2. The Morgan fingerprint density at radius 3 is 2.21 bits per heavy atom. The summed E-state index contributed by atoms with van der Waals surface area (Å²) in [7, 11) is 3.78. The topological polar surface area (TPSA) is 70.7 Å². The van der Waals surface area contributed by atoms with Crippen molar-refractivity contribution in [1.82, 2.24) is 10.9 Å². The SMILES string of the molecule is CN(C)c1cccc(C(=O)NNC(=O)c2ccccc2Oc2ccccc2)c1. The van der Waals surface area contributed by atoms with Crippen LogP contribution in [0.3, 0.4) is 0 Å². The van der Waals surface area contributed by atoms with Gasteiger partial charge < -0.3 is 9.64 Å². The van der Waals surface area contributed by atoms with Crippen molar-refractivity contribution in [1.29, 1.82) is 0 Å². The minimum absolute atomic E-state index is 0.314. The van der Waals surface area contributed by atoms with E-state index in [1.54, 1.807) is 54.6 Å². The summed E-state index contributed by atoms with van der Waals surface area (Å²) in [5.41, 5.74) is 6.53. The average Bonchev–Trinajstić information content (AvgIpc) is 2.73. The van der Waals surface area contributed by atoms with Crippen LogP contribution in [-0.4, -0.2) is 25.9 Å². The number of hydrogen-bond donors (Lipinski definition) is 2. The molecule has 0 spiro atoms. The predicted octanol–water partition coefficient (Wildman–Crippen LogP) is 3.62. The van der Waals surface area contributed by atoms with Crippen molar-refractivity contribution in [3.05, 3.63) is 90.0 Å². The smallest absolute Gasteiger partial charge is 0.273 e. The summed E-state index contributed by atoms with van der Waals surface area (Å²) in [6.07, 6.45) is 0. The van der Waals surface area contributed by atoms with Crippen molar-refractivity contribution in [2.45, 2.75) is 0 Å². The Kier molecular flexibility index (Phi) is 5.91. The molecule has 0 heterocycles. The number of nitrogens with zero attached hydrogens (tertiary/aromatic N) is 1. The van der Waals surface area contributed by atoms with E-state index in [-0.39, 0.29) is 0 Å². The van der Waals surface area contributed by atoms with Crippen LogP contribution < -0.4 is 20.5 Å². The van der Waals surface area contributed by atoms with Gasteiger partial charge in [0.1, 0.15) is 11.5 Å². The van der Waals surface area contributed by atoms with E-state index in [9.17, 15) is 9.59 Å². The van der Waals surface area contributed by atoms with Crippen molar-refractivity contribution in [2.75, 3.05) is 19.0 Å². The van der Waals surface area contributed by atoms with Crippen molar-refractivity contribution in [3.63, 3.8) is 0 Å². The second-order valence-electron chi connectivity index (χ2n) is 6.26. The number of amides is 2. The van der Waals surface area contributed by atoms with E-state index in [2.05, 4.69) is 10.9 Å². The first-order valence-corrected chi connectivity index (χ1v) is 8.74. The zero-order valence-electron chi connectivity index (χ0n) is 15.7. The van der Waals surface area contributed by atoms with E-state index in [0.717, 1.165) is 5.69 Å². The molecule has 2 N–H and O–H groups in total. The number of carbonyl (C=O) groups is 2. The molecule has 0 radical (unpaired) electrons. The highest BCUT2D eigenvalue weighted by molar-refractivity contribution is 6.00. The van der Waals surface area contributed by atoms with Gasteiger partial charge in [0, 0.05) is 25.3 Å². The van der Waals surface area contributed by atoms with Crippen LogP contribution in [0.2, 0.25) is 0 Å². The molecule has 0 aliphatic heterocycles. The Bertz CT molecular complexity index is 972. The molecule has 6 heteroatoms. The van der Waals surface area contributed by atoms with Gasteiger partial charge in [-0.1, -0.05) is 36.4 Å². The van der Waals surface area contributed by atoms with Crippen molar-refractivity contribution < 1.29 is 14.3 Å². The summed E-state index contributed by atoms with van der Waals surface area (Å²) in [6, 6.07) is 23.1. The molecule has 2 amide bonds. The lowest BCUT2D eigenvalue weighted by Gasteiger charge is -2.14. The van der Waals surface area contributed by atoms with Crippen LogP contribution in [-0.2, 0) is 0 Å². The Labute approximate surface area is 163 Å². The highest BCUT2D eigenvalue weighted by Crippen LogP contribution is 2.24. The third-order valence-corrected chi connectivity index (χ3v) is 4.02. The maximum absolute atomic E-state index is 12.6. The van der Waals surface area contributed by atoms with Gasteiger partial charge >= 0.3 is 0 Å². The number of para-hydroxylation sites is 2. The minimum Gasteiger partial charge on any atom is -0.457 e. The van der Waals surface area contributed by atoms with Gasteiger partial charge in [-0.3, -0.25) is 20.4 Å². The van der Waals surface area contributed by atoms with Crippen molar-refractivity contribution in [2.24, 2.45) is 0 Å². The predicted molar refractivity (Wildman–Crippen MR) is 109 cm³/mol. The Balaban J connectivity index is 1.68. The number of rotatable bonds is 5.